The quantitative estimate of drug-likeness (QED) is 0.373. The van der Waals surface area contributed by atoms with Crippen LogP contribution < -0.4 is 25.3 Å². The van der Waals surface area contributed by atoms with Gasteiger partial charge in [0.1, 0.15) is 5.75 Å². The fourth-order valence-electron chi connectivity index (χ4n) is 2.98. The van der Waals surface area contributed by atoms with E-state index in [1.54, 1.807) is 7.11 Å². The Morgan fingerprint density at radius 1 is 1.26 bits per heavy atom. The van der Waals surface area contributed by atoms with E-state index in [4.69, 9.17) is 19.9 Å². The summed E-state index contributed by atoms with van der Waals surface area (Å²) < 4.78 is 16.6. The molecule has 0 saturated heterocycles. The molecule has 2 aromatic carbocycles. The normalized spacial score (nSPS) is 15.8. The first kappa shape index (κ1) is 21.1. The lowest BCUT2D eigenvalue weighted by Gasteiger charge is -2.26. The lowest BCUT2D eigenvalue weighted by Crippen LogP contribution is -2.37. The van der Waals surface area contributed by atoms with Gasteiger partial charge in [0, 0.05) is 12.0 Å². The highest BCUT2D eigenvalue weighted by atomic mass is 127. The topological polar surface area (TPSA) is 78.1 Å². The number of hydrogen-bond acceptors (Lipinski definition) is 4. The third-order valence-electron chi connectivity index (χ3n) is 4.24. The molecule has 3 N–H and O–H groups in total. The Hall–Kier alpha value is -2.16. The van der Waals surface area contributed by atoms with Crippen LogP contribution in [0.1, 0.15) is 30.5 Å². The lowest BCUT2D eigenvalue weighted by atomic mass is 10.0. The number of ether oxygens (including phenoxy) is 3. The predicted octanol–water partition coefficient (Wildman–Crippen LogP) is 3.64. The summed E-state index contributed by atoms with van der Waals surface area (Å²) in [6, 6.07) is 13.9. The molecular formula is C20H26IN3O3. The number of fused-ring (bicyclic) bond motifs is 1. The average Bonchev–Trinajstić information content (AvgIpc) is 2.67. The molecule has 0 saturated carbocycles. The Bertz CT molecular complexity index is 783. The second-order valence-electron chi connectivity index (χ2n) is 5.99. The minimum absolute atomic E-state index is 0. The highest BCUT2D eigenvalue weighted by Crippen LogP contribution is 2.31. The fraction of sp³-hybridized carbons (Fsp3) is 0.350. The highest BCUT2D eigenvalue weighted by molar-refractivity contribution is 14.0. The summed E-state index contributed by atoms with van der Waals surface area (Å²) in [6.07, 6.45) is 0.851. The first-order chi connectivity index (χ1) is 12.7. The van der Waals surface area contributed by atoms with Gasteiger partial charge >= 0.3 is 0 Å². The SMILES string of the molecule is CCOc1ccc(CN=C(N)NC2CCOc3ccccc32)cc1OC.I. The summed E-state index contributed by atoms with van der Waals surface area (Å²) in [5.41, 5.74) is 8.21. The summed E-state index contributed by atoms with van der Waals surface area (Å²) in [6.45, 7) is 3.67. The number of benzene rings is 2. The summed E-state index contributed by atoms with van der Waals surface area (Å²) in [7, 11) is 1.63. The number of halogens is 1. The van der Waals surface area contributed by atoms with Crippen molar-refractivity contribution in [2.45, 2.75) is 25.9 Å². The van der Waals surface area contributed by atoms with Gasteiger partial charge in [-0.25, -0.2) is 4.99 Å². The van der Waals surface area contributed by atoms with Crippen LogP contribution in [0.4, 0.5) is 0 Å². The Labute approximate surface area is 177 Å². The summed E-state index contributed by atoms with van der Waals surface area (Å²) in [4.78, 5) is 4.46. The van der Waals surface area contributed by atoms with Crippen molar-refractivity contribution in [3.05, 3.63) is 53.6 Å². The second-order valence-corrected chi connectivity index (χ2v) is 5.99. The highest BCUT2D eigenvalue weighted by Gasteiger charge is 2.21. The molecule has 1 aliphatic rings. The number of nitrogens with zero attached hydrogens (tertiary/aromatic N) is 1. The number of hydrogen-bond donors (Lipinski definition) is 2. The van der Waals surface area contributed by atoms with Crippen LogP contribution in [0.5, 0.6) is 17.2 Å². The largest absolute Gasteiger partial charge is 0.493 e. The zero-order valence-corrected chi connectivity index (χ0v) is 17.9. The van der Waals surface area contributed by atoms with Crippen LogP contribution >= 0.6 is 24.0 Å². The van der Waals surface area contributed by atoms with Crippen molar-refractivity contribution in [1.29, 1.82) is 0 Å². The molecule has 0 spiro atoms. The fourth-order valence-corrected chi connectivity index (χ4v) is 2.98. The van der Waals surface area contributed by atoms with Gasteiger partial charge in [-0.1, -0.05) is 24.3 Å². The smallest absolute Gasteiger partial charge is 0.189 e. The van der Waals surface area contributed by atoms with Crippen LogP contribution in [0, 0.1) is 0 Å². The molecular weight excluding hydrogens is 457 g/mol. The Kier molecular flexibility index (Phi) is 8.02. The maximum atomic E-state index is 6.10. The first-order valence-electron chi connectivity index (χ1n) is 8.79. The third-order valence-corrected chi connectivity index (χ3v) is 4.24. The van der Waals surface area contributed by atoms with Crippen LogP contribution in [0.15, 0.2) is 47.5 Å². The van der Waals surface area contributed by atoms with Gasteiger partial charge in [-0.2, -0.15) is 0 Å². The molecule has 0 fully saturated rings. The molecule has 7 heteroatoms. The van der Waals surface area contributed by atoms with Gasteiger partial charge in [0.25, 0.3) is 0 Å². The Morgan fingerprint density at radius 3 is 2.85 bits per heavy atom. The molecule has 1 unspecified atom stereocenters. The Balaban J connectivity index is 0.00000261. The van der Waals surface area contributed by atoms with Gasteiger partial charge in [0.2, 0.25) is 0 Å². The zero-order chi connectivity index (χ0) is 18.4. The van der Waals surface area contributed by atoms with Gasteiger partial charge in [-0.3, -0.25) is 0 Å². The van der Waals surface area contributed by atoms with Gasteiger partial charge in [-0.05, 0) is 30.7 Å². The van der Waals surface area contributed by atoms with Gasteiger partial charge < -0.3 is 25.3 Å². The molecule has 6 nitrogen and oxygen atoms in total. The van der Waals surface area contributed by atoms with Crippen molar-refractivity contribution in [2.75, 3.05) is 20.3 Å². The molecule has 0 amide bonds. The van der Waals surface area contributed by atoms with E-state index >= 15 is 0 Å². The van der Waals surface area contributed by atoms with Crippen molar-refractivity contribution in [3.63, 3.8) is 0 Å². The molecule has 2 aromatic rings. The van der Waals surface area contributed by atoms with Crippen molar-refractivity contribution >= 4 is 29.9 Å². The number of rotatable bonds is 6. The van der Waals surface area contributed by atoms with E-state index in [2.05, 4.69) is 16.4 Å². The lowest BCUT2D eigenvalue weighted by molar-refractivity contribution is 0.262. The summed E-state index contributed by atoms with van der Waals surface area (Å²) in [5, 5.41) is 3.30. The minimum Gasteiger partial charge on any atom is -0.493 e. The number of nitrogens with two attached hydrogens (primary N) is 1. The molecule has 0 bridgehead atoms. The van der Waals surface area contributed by atoms with Crippen LogP contribution in [-0.2, 0) is 6.54 Å². The van der Waals surface area contributed by atoms with E-state index in [9.17, 15) is 0 Å². The molecule has 0 aliphatic carbocycles. The van der Waals surface area contributed by atoms with Gasteiger partial charge in [0.15, 0.2) is 17.5 Å². The van der Waals surface area contributed by atoms with Crippen molar-refractivity contribution in [2.24, 2.45) is 10.7 Å². The van der Waals surface area contributed by atoms with E-state index in [1.165, 1.54) is 0 Å². The van der Waals surface area contributed by atoms with Crippen molar-refractivity contribution in [3.8, 4) is 17.2 Å². The minimum atomic E-state index is 0. The average molecular weight is 483 g/mol. The van der Waals surface area contributed by atoms with E-state index < -0.39 is 0 Å². The number of aliphatic imine (C=N–C) groups is 1. The standard InChI is InChI=1S/C20H25N3O3.HI/c1-3-25-18-9-8-14(12-19(18)24-2)13-22-20(21)23-16-10-11-26-17-7-5-4-6-15(16)17;/h4-9,12,16H,3,10-11,13H2,1-2H3,(H3,21,22,23);1H. The molecule has 1 aliphatic heterocycles. The van der Waals surface area contributed by atoms with Gasteiger partial charge in [-0.15, -0.1) is 24.0 Å². The summed E-state index contributed by atoms with van der Waals surface area (Å²) in [5.74, 6) is 2.75. The van der Waals surface area contributed by atoms with Gasteiger partial charge in [0.05, 0.1) is 32.9 Å². The molecule has 27 heavy (non-hydrogen) atoms. The number of guanidine groups is 1. The maximum absolute atomic E-state index is 6.10. The second kappa shape index (κ2) is 10.2. The predicted molar refractivity (Wildman–Crippen MR) is 117 cm³/mol. The number of methoxy groups -OCH3 is 1. The monoisotopic (exact) mass is 483 g/mol. The molecule has 1 atom stereocenters. The molecule has 3 rings (SSSR count). The molecule has 146 valence electrons. The third kappa shape index (κ3) is 5.41. The van der Waals surface area contributed by atoms with Crippen molar-refractivity contribution in [1.82, 2.24) is 5.32 Å². The van der Waals surface area contributed by atoms with E-state index in [0.29, 0.717) is 31.5 Å². The van der Waals surface area contributed by atoms with E-state index in [-0.39, 0.29) is 30.0 Å². The van der Waals surface area contributed by atoms with Crippen LogP contribution in [-0.4, -0.2) is 26.3 Å². The number of para-hydroxylation sites is 1. The molecule has 1 heterocycles. The number of nitrogens with one attached hydrogen (secondary N) is 1. The summed E-state index contributed by atoms with van der Waals surface area (Å²) >= 11 is 0. The molecule has 0 radical (unpaired) electrons. The maximum Gasteiger partial charge on any atom is 0.189 e. The van der Waals surface area contributed by atoms with Crippen molar-refractivity contribution < 1.29 is 14.2 Å². The van der Waals surface area contributed by atoms with Crippen LogP contribution in [0.3, 0.4) is 0 Å². The van der Waals surface area contributed by atoms with E-state index in [1.807, 2.05) is 43.3 Å². The molecule has 0 aromatic heterocycles. The van der Waals surface area contributed by atoms with Crippen LogP contribution in [0.2, 0.25) is 0 Å². The zero-order valence-electron chi connectivity index (χ0n) is 15.6. The van der Waals surface area contributed by atoms with E-state index in [0.717, 1.165) is 29.0 Å². The van der Waals surface area contributed by atoms with Crippen LogP contribution in [0.25, 0.3) is 0 Å². The first-order valence-corrected chi connectivity index (χ1v) is 8.79. The Morgan fingerprint density at radius 2 is 2.07 bits per heavy atom.